The van der Waals surface area contributed by atoms with Crippen molar-refractivity contribution in [1.82, 2.24) is 5.32 Å². The van der Waals surface area contributed by atoms with Gasteiger partial charge < -0.3 is 14.8 Å². The quantitative estimate of drug-likeness (QED) is 0.551. The van der Waals surface area contributed by atoms with Gasteiger partial charge in [-0.05, 0) is 27.9 Å². The Morgan fingerprint density at radius 2 is 1.20 bits per heavy atom. The number of ketones is 1. The smallest absolute Gasteiger partial charge is 0.126 e. The van der Waals surface area contributed by atoms with Crippen molar-refractivity contribution in [3.05, 3.63) is 0 Å². The molecule has 0 aromatic heterocycles. The van der Waals surface area contributed by atoms with Gasteiger partial charge >= 0.3 is 0 Å². The van der Waals surface area contributed by atoms with E-state index in [0.29, 0.717) is 0 Å². The van der Waals surface area contributed by atoms with E-state index in [-0.39, 0.29) is 5.78 Å². The van der Waals surface area contributed by atoms with E-state index < -0.39 is 0 Å². The van der Waals surface area contributed by atoms with Crippen LogP contribution in [-0.4, -0.2) is 34.1 Å². The summed E-state index contributed by atoms with van der Waals surface area (Å²) < 4.78 is 4.25. The van der Waals surface area contributed by atoms with Crippen molar-refractivity contribution in [3.8, 4) is 0 Å². The standard InChI is InChI=1S/C3H6O.C2H7N.C2H6O/c1-3(2)4;2*1-3-2/h1-2H3;3H,1-2H3;1-2H3. The second kappa shape index (κ2) is 23.5. The molecular formula is C7H19NO2. The van der Waals surface area contributed by atoms with Gasteiger partial charge in [-0.15, -0.1) is 0 Å². The van der Waals surface area contributed by atoms with Gasteiger partial charge in [0.15, 0.2) is 0 Å². The molecule has 0 saturated carbocycles. The number of ether oxygens (including phenoxy) is 1. The lowest BCUT2D eigenvalue weighted by Gasteiger charge is -1.61. The second-order valence-electron chi connectivity index (χ2n) is 1.82. The summed E-state index contributed by atoms with van der Waals surface area (Å²) in [5, 5.41) is 2.75. The van der Waals surface area contributed by atoms with Crippen LogP contribution in [-0.2, 0) is 9.53 Å². The molecule has 10 heavy (non-hydrogen) atoms. The first-order valence-corrected chi connectivity index (χ1v) is 3.02. The van der Waals surface area contributed by atoms with Crippen molar-refractivity contribution in [2.24, 2.45) is 0 Å². The fraction of sp³-hybridized carbons (Fsp3) is 0.857. The molecule has 0 aromatic rings. The van der Waals surface area contributed by atoms with Gasteiger partial charge in [0, 0.05) is 14.2 Å². The summed E-state index contributed by atoms with van der Waals surface area (Å²) in [5.74, 6) is 0.167. The van der Waals surface area contributed by atoms with Crippen molar-refractivity contribution in [2.45, 2.75) is 13.8 Å². The average molecular weight is 149 g/mol. The maximum Gasteiger partial charge on any atom is 0.126 e. The minimum Gasteiger partial charge on any atom is -0.388 e. The maximum absolute atomic E-state index is 9.44. The highest BCUT2D eigenvalue weighted by atomic mass is 16.4. The van der Waals surface area contributed by atoms with Gasteiger partial charge in [0.1, 0.15) is 5.78 Å². The summed E-state index contributed by atoms with van der Waals surface area (Å²) in [6.07, 6.45) is 0. The molecule has 0 bridgehead atoms. The minimum atomic E-state index is 0.167. The number of hydrogen-bond acceptors (Lipinski definition) is 3. The Morgan fingerprint density at radius 1 is 1.20 bits per heavy atom. The second-order valence-corrected chi connectivity index (χ2v) is 1.82. The first kappa shape index (κ1) is 16.3. The van der Waals surface area contributed by atoms with Crippen LogP contribution in [0.4, 0.5) is 0 Å². The Balaban J connectivity index is -0.0000000750. The number of rotatable bonds is 0. The van der Waals surface area contributed by atoms with Gasteiger partial charge in [-0.3, -0.25) is 0 Å². The Kier molecular flexibility index (Phi) is 38.3. The summed E-state index contributed by atoms with van der Waals surface area (Å²) in [6, 6.07) is 0. The van der Waals surface area contributed by atoms with Crippen LogP contribution < -0.4 is 5.32 Å². The van der Waals surface area contributed by atoms with E-state index in [2.05, 4.69) is 10.1 Å². The lowest BCUT2D eigenvalue weighted by Crippen LogP contribution is -1.89. The van der Waals surface area contributed by atoms with Gasteiger partial charge in [0.05, 0.1) is 0 Å². The van der Waals surface area contributed by atoms with E-state index >= 15 is 0 Å². The molecule has 3 heteroatoms. The largest absolute Gasteiger partial charge is 0.388 e. The highest BCUT2D eigenvalue weighted by Gasteiger charge is 1.62. The number of methoxy groups -OCH3 is 1. The molecule has 3 nitrogen and oxygen atoms in total. The average Bonchev–Trinajstić information content (AvgIpc) is 1.65. The van der Waals surface area contributed by atoms with Gasteiger partial charge in [0.2, 0.25) is 0 Å². The zero-order chi connectivity index (χ0) is 8.99. The third kappa shape index (κ3) is 1960. The molecular weight excluding hydrogens is 130 g/mol. The van der Waals surface area contributed by atoms with E-state index in [9.17, 15) is 4.79 Å². The predicted molar refractivity (Wildman–Crippen MR) is 44.3 cm³/mol. The van der Waals surface area contributed by atoms with Crippen LogP contribution in [0.5, 0.6) is 0 Å². The topological polar surface area (TPSA) is 38.3 Å². The summed E-state index contributed by atoms with van der Waals surface area (Å²) in [4.78, 5) is 9.44. The van der Waals surface area contributed by atoms with E-state index in [1.165, 1.54) is 13.8 Å². The molecule has 0 aliphatic heterocycles. The fourth-order valence-electron chi connectivity index (χ4n) is 0. The first-order chi connectivity index (χ1) is 4.56. The van der Waals surface area contributed by atoms with Crippen molar-refractivity contribution in [3.63, 3.8) is 0 Å². The molecule has 0 rings (SSSR count). The van der Waals surface area contributed by atoms with Crippen LogP contribution in [0.2, 0.25) is 0 Å². The number of hydrogen-bond donors (Lipinski definition) is 1. The Hall–Kier alpha value is -0.410. The maximum atomic E-state index is 9.44. The Labute approximate surface area is 63.8 Å². The fourth-order valence-corrected chi connectivity index (χ4v) is 0. The zero-order valence-corrected chi connectivity index (χ0v) is 7.82. The number of carbonyl (C=O) groups excluding carboxylic acids is 1. The highest BCUT2D eigenvalue weighted by Crippen LogP contribution is 1.50. The van der Waals surface area contributed by atoms with Gasteiger partial charge in [-0.2, -0.15) is 0 Å². The molecule has 0 heterocycles. The van der Waals surface area contributed by atoms with E-state index in [0.717, 1.165) is 0 Å². The van der Waals surface area contributed by atoms with Crippen LogP contribution in [0.25, 0.3) is 0 Å². The summed E-state index contributed by atoms with van der Waals surface area (Å²) in [7, 11) is 7.00. The third-order valence-corrected chi connectivity index (χ3v) is 0. The van der Waals surface area contributed by atoms with Crippen molar-refractivity contribution in [1.29, 1.82) is 0 Å². The predicted octanol–water partition coefficient (Wildman–Crippen LogP) is 0.693. The van der Waals surface area contributed by atoms with Crippen LogP contribution >= 0.6 is 0 Å². The lowest BCUT2D eigenvalue weighted by atomic mass is 10.6. The molecule has 0 amide bonds. The highest BCUT2D eigenvalue weighted by molar-refractivity contribution is 5.72. The summed E-state index contributed by atoms with van der Waals surface area (Å²) in [6.45, 7) is 3.06. The zero-order valence-electron chi connectivity index (χ0n) is 7.82. The summed E-state index contributed by atoms with van der Waals surface area (Å²) >= 11 is 0. The molecule has 0 radical (unpaired) electrons. The Bertz CT molecular complexity index is 49.6. The molecule has 64 valence electrons. The van der Waals surface area contributed by atoms with Crippen molar-refractivity contribution < 1.29 is 9.53 Å². The van der Waals surface area contributed by atoms with E-state index in [1.807, 2.05) is 14.1 Å². The van der Waals surface area contributed by atoms with Gasteiger partial charge in [-0.25, -0.2) is 0 Å². The van der Waals surface area contributed by atoms with Crippen LogP contribution in [0, 0.1) is 0 Å². The molecule has 0 fully saturated rings. The number of nitrogens with one attached hydrogen (secondary N) is 1. The molecule has 0 saturated heterocycles. The van der Waals surface area contributed by atoms with E-state index in [1.54, 1.807) is 14.2 Å². The van der Waals surface area contributed by atoms with E-state index in [4.69, 9.17) is 0 Å². The van der Waals surface area contributed by atoms with Crippen molar-refractivity contribution in [2.75, 3.05) is 28.3 Å². The lowest BCUT2D eigenvalue weighted by molar-refractivity contribution is -0.114. The summed E-state index contributed by atoms with van der Waals surface area (Å²) in [5.41, 5.74) is 0. The molecule has 0 aliphatic rings. The van der Waals surface area contributed by atoms with Crippen LogP contribution in [0.15, 0.2) is 0 Å². The van der Waals surface area contributed by atoms with Crippen LogP contribution in [0.3, 0.4) is 0 Å². The van der Waals surface area contributed by atoms with Gasteiger partial charge in [-0.1, -0.05) is 0 Å². The molecule has 0 spiro atoms. The molecule has 0 unspecified atom stereocenters. The number of carbonyl (C=O) groups is 1. The molecule has 1 N–H and O–H groups in total. The molecule has 0 aromatic carbocycles. The SMILES string of the molecule is CC(C)=O.CNC.COC. The minimum absolute atomic E-state index is 0.167. The van der Waals surface area contributed by atoms with Gasteiger partial charge in [0.25, 0.3) is 0 Å². The van der Waals surface area contributed by atoms with Crippen LogP contribution in [0.1, 0.15) is 13.8 Å². The monoisotopic (exact) mass is 149 g/mol. The third-order valence-electron chi connectivity index (χ3n) is 0. The molecule has 0 aliphatic carbocycles. The first-order valence-electron chi connectivity index (χ1n) is 3.02. The normalized spacial score (nSPS) is 6.20. The van der Waals surface area contributed by atoms with Crippen molar-refractivity contribution >= 4 is 5.78 Å². The Morgan fingerprint density at radius 3 is 1.20 bits per heavy atom. The molecule has 0 atom stereocenters. The number of Topliss-reactive ketones (excluding diaryl/α,β-unsaturated/α-hetero) is 1.